The molecule has 0 saturated carbocycles. The molecule has 0 amide bonds. The minimum Gasteiger partial charge on any atom is -0.508 e. The van der Waals surface area contributed by atoms with Crippen LogP contribution in [0, 0.1) is 13.8 Å². The molecule has 1 N–H and O–H groups in total. The van der Waals surface area contributed by atoms with Crippen molar-refractivity contribution < 1.29 is 14.6 Å². The number of fused-ring (bicyclic) bond motifs is 1. The number of esters is 1. The van der Waals surface area contributed by atoms with Gasteiger partial charge >= 0.3 is 5.97 Å². The van der Waals surface area contributed by atoms with Crippen molar-refractivity contribution in [3.8, 4) is 5.75 Å². The number of aromatic nitrogens is 2. The van der Waals surface area contributed by atoms with Crippen LogP contribution in [0.15, 0.2) is 24.3 Å². The Morgan fingerprint density at radius 3 is 2.67 bits per heavy atom. The Balaban J connectivity index is 1.55. The molecule has 4 rings (SSSR count). The van der Waals surface area contributed by atoms with Crippen LogP contribution < -0.4 is 4.90 Å². The zero-order valence-corrected chi connectivity index (χ0v) is 18.3. The molecule has 1 aliphatic rings. The van der Waals surface area contributed by atoms with Crippen molar-refractivity contribution in [2.45, 2.75) is 27.3 Å². The number of nitrogens with zero attached hydrogens (tertiary/aromatic N) is 4. The molecule has 0 radical (unpaired) electrons. The van der Waals surface area contributed by atoms with E-state index in [-0.39, 0.29) is 5.97 Å². The highest BCUT2D eigenvalue weighted by Crippen LogP contribution is 2.36. The molecular formula is C22H26N4O3S. The number of hydrogen-bond acceptors (Lipinski definition) is 8. The van der Waals surface area contributed by atoms with Gasteiger partial charge in [0, 0.05) is 32.7 Å². The highest BCUT2D eigenvalue weighted by Gasteiger charge is 2.25. The Hall–Kier alpha value is -2.71. The predicted octanol–water partition coefficient (Wildman–Crippen LogP) is 3.51. The lowest BCUT2D eigenvalue weighted by Gasteiger charge is -2.35. The number of phenols is 1. The first-order valence-electron chi connectivity index (χ1n) is 10.2. The molecular weight excluding hydrogens is 400 g/mol. The third-order valence-corrected chi connectivity index (χ3v) is 6.50. The molecule has 3 aromatic rings. The van der Waals surface area contributed by atoms with Crippen molar-refractivity contribution in [3.05, 3.63) is 46.1 Å². The van der Waals surface area contributed by atoms with Gasteiger partial charge in [-0.3, -0.25) is 4.90 Å². The standard InChI is InChI=1S/C22H26N4O3S/c1-4-29-22(28)19-14(2)18-20(23-15(3)24-21(18)30-19)26-10-8-25(9-11-26)13-16-6-5-7-17(27)12-16/h5-7,12,27H,4,8-11,13H2,1-3H3. The minimum atomic E-state index is -0.294. The molecule has 7 nitrogen and oxygen atoms in total. The van der Waals surface area contributed by atoms with Gasteiger partial charge in [-0.15, -0.1) is 11.3 Å². The molecule has 0 atom stereocenters. The smallest absolute Gasteiger partial charge is 0.348 e. The number of aryl methyl sites for hydroxylation is 2. The first-order valence-corrected chi connectivity index (χ1v) is 11.0. The Kier molecular flexibility index (Phi) is 5.87. The fraction of sp³-hybridized carbons (Fsp3) is 0.409. The van der Waals surface area contributed by atoms with Crippen molar-refractivity contribution in [1.29, 1.82) is 0 Å². The number of piperazine rings is 1. The summed E-state index contributed by atoms with van der Waals surface area (Å²) in [6, 6.07) is 7.42. The normalized spacial score (nSPS) is 15.0. The topological polar surface area (TPSA) is 78.8 Å². The molecule has 30 heavy (non-hydrogen) atoms. The quantitative estimate of drug-likeness (QED) is 0.626. The summed E-state index contributed by atoms with van der Waals surface area (Å²) < 4.78 is 5.22. The van der Waals surface area contributed by atoms with Crippen LogP contribution in [0.3, 0.4) is 0 Å². The number of thiophene rings is 1. The van der Waals surface area contributed by atoms with E-state index in [9.17, 15) is 9.90 Å². The van der Waals surface area contributed by atoms with Crippen LogP contribution in [-0.4, -0.2) is 58.7 Å². The van der Waals surface area contributed by atoms with Crippen molar-refractivity contribution >= 4 is 33.3 Å². The highest BCUT2D eigenvalue weighted by atomic mass is 32.1. The van der Waals surface area contributed by atoms with Gasteiger partial charge in [0.2, 0.25) is 0 Å². The molecule has 1 fully saturated rings. The van der Waals surface area contributed by atoms with Crippen LogP contribution in [0.2, 0.25) is 0 Å². The average Bonchev–Trinajstić information content (AvgIpc) is 3.04. The van der Waals surface area contributed by atoms with Crippen LogP contribution >= 0.6 is 11.3 Å². The predicted molar refractivity (Wildman–Crippen MR) is 118 cm³/mol. The Morgan fingerprint density at radius 2 is 1.97 bits per heavy atom. The maximum absolute atomic E-state index is 12.4. The lowest BCUT2D eigenvalue weighted by molar-refractivity contribution is 0.0531. The molecule has 8 heteroatoms. The zero-order chi connectivity index (χ0) is 21.3. The number of benzene rings is 1. The monoisotopic (exact) mass is 426 g/mol. The van der Waals surface area contributed by atoms with E-state index in [0.29, 0.717) is 23.1 Å². The van der Waals surface area contributed by atoms with Crippen LogP contribution in [0.5, 0.6) is 5.75 Å². The van der Waals surface area contributed by atoms with Gasteiger partial charge < -0.3 is 14.7 Å². The SMILES string of the molecule is CCOC(=O)c1sc2nc(C)nc(N3CCN(Cc4cccc(O)c4)CC3)c2c1C. The molecule has 1 aromatic carbocycles. The Bertz CT molecular complexity index is 1070. The summed E-state index contributed by atoms with van der Waals surface area (Å²) >= 11 is 1.38. The molecule has 0 aliphatic carbocycles. The van der Waals surface area contributed by atoms with Gasteiger partial charge in [0.05, 0.1) is 12.0 Å². The van der Waals surface area contributed by atoms with Crippen LogP contribution in [-0.2, 0) is 11.3 Å². The summed E-state index contributed by atoms with van der Waals surface area (Å²) in [4.78, 5) is 27.8. The van der Waals surface area contributed by atoms with Crippen molar-refractivity contribution in [2.24, 2.45) is 0 Å². The number of phenolic OH excluding ortho intramolecular Hbond substituents is 1. The summed E-state index contributed by atoms with van der Waals surface area (Å²) in [5.41, 5.74) is 2.00. The van der Waals surface area contributed by atoms with Crippen molar-refractivity contribution in [1.82, 2.24) is 14.9 Å². The average molecular weight is 427 g/mol. The molecule has 158 valence electrons. The maximum atomic E-state index is 12.4. The van der Waals surface area contributed by atoms with Gasteiger partial charge in [-0.25, -0.2) is 14.8 Å². The van der Waals surface area contributed by atoms with Gasteiger partial charge in [0.25, 0.3) is 0 Å². The lowest BCUT2D eigenvalue weighted by Crippen LogP contribution is -2.46. The number of carbonyl (C=O) groups excluding carboxylic acids is 1. The summed E-state index contributed by atoms with van der Waals surface area (Å²) in [7, 11) is 0. The summed E-state index contributed by atoms with van der Waals surface area (Å²) in [5, 5.41) is 10.6. The Morgan fingerprint density at radius 1 is 1.20 bits per heavy atom. The molecule has 3 heterocycles. The maximum Gasteiger partial charge on any atom is 0.348 e. The van der Waals surface area contributed by atoms with E-state index in [0.717, 1.165) is 59.9 Å². The second kappa shape index (κ2) is 8.57. The van der Waals surface area contributed by atoms with Crippen LogP contribution in [0.25, 0.3) is 10.2 Å². The van der Waals surface area contributed by atoms with Gasteiger partial charge in [0.1, 0.15) is 27.1 Å². The van der Waals surface area contributed by atoms with E-state index in [1.54, 1.807) is 6.07 Å². The fourth-order valence-electron chi connectivity index (χ4n) is 3.87. The summed E-state index contributed by atoms with van der Waals surface area (Å²) in [5.74, 6) is 1.61. The fourth-order valence-corrected chi connectivity index (χ4v) is 4.99. The molecule has 0 unspecified atom stereocenters. The number of ether oxygens (including phenoxy) is 1. The highest BCUT2D eigenvalue weighted by molar-refractivity contribution is 7.20. The van der Waals surface area contributed by atoms with E-state index in [2.05, 4.69) is 14.8 Å². The van der Waals surface area contributed by atoms with E-state index in [1.165, 1.54) is 11.3 Å². The molecule has 1 saturated heterocycles. The third kappa shape index (κ3) is 4.11. The number of hydrogen-bond donors (Lipinski definition) is 1. The van der Waals surface area contributed by atoms with Gasteiger partial charge in [-0.05, 0) is 44.0 Å². The number of anilines is 1. The molecule has 2 aromatic heterocycles. The molecule has 0 spiro atoms. The van der Waals surface area contributed by atoms with E-state index >= 15 is 0 Å². The van der Waals surface area contributed by atoms with E-state index in [4.69, 9.17) is 9.72 Å². The minimum absolute atomic E-state index is 0.294. The third-order valence-electron chi connectivity index (χ3n) is 5.33. The Labute approximate surface area is 179 Å². The van der Waals surface area contributed by atoms with E-state index < -0.39 is 0 Å². The number of rotatable bonds is 5. The summed E-state index contributed by atoms with van der Waals surface area (Å²) in [6.45, 7) is 10.3. The first-order chi connectivity index (χ1) is 14.5. The van der Waals surface area contributed by atoms with Crippen LogP contribution in [0.4, 0.5) is 5.82 Å². The second-order valence-electron chi connectivity index (χ2n) is 7.48. The largest absolute Gasteiger partial charge is 0.508 e. The van der Waals surface area contributed by atoms with Crippen molar-refractivity contribution in [3.63, 3.8) is 0 Å². The zero-order valence-electron chi connectivity index (χ0n) is 17.5. The number of carbonyl (C=O) groups is 1. The molecule has 1 aliphatic heterocycles. The second-order valence-corrected chi connectivity index (χ2v) is 8.48. The number of aromatic hydroxyl groups is 1. The van der Waals surface area contributed by atoms with Crippen LogP contribution in [0.1, 0.15) is 33.5 Å². The van der Waals surface area contributed by atoms with Gasteiger partial charge in [0.15, 0.2) is 0 Å². The first kappa shape index (κ1) is 20.6. The lowest BCUT2D eigenvalue weighted by atomic mass is 10.1. The van der Waals surface area contributed by atoms with Gasteiger partial charge in [-0.1, -0.05) is 12.1 Å². The van der Waals surface area contributed by atoms with Crippen molar-refractivity contribution in [2.75, 3.05) is 37.7 Å². The molecule has 0 bridgehead atoms. The van der Waals surface area contributed by atoms with E-state index in [1.807, 2.05) is 39.0 Å². The summed E-state index contributed by atoms with van der Waals surface area (Å²) in [6.07, 6.45) is 0. The van der Waals surface area contributed by atoms with Gasteiger partial charge in [-0.2, -0.15) is 0 Å².